The number of aromatic nitrogens is 1. The largest absolute Gasteiger partial charge is 0.497 e. The summed E-state index contributed by atoms with van der Waals surface area (Å²) >= 11 is 1.53. The lowest BCUT2D eigenvalue weighted by atomic mass is 9.97. The van der Waals surface area contributed by atoms with Crippen molar-refractivity contribution in [3.8, 4) is 22.8 Å². The van der Waals surface area contributed by atoms with Crippen LogP contribution in [0.15, 0.2) is 88.3 Å². The fourth-order valence-electron chi connectivity index (χ4n) is 4.07. The van der Waals surface area contributed by atoms with Crippen LogP contribution in [-0.2, 0) is 0 Å². The van der Waals surface area contributed by atoms with Gasteiger partial charge >= 0.3 is 0 Å². The molecule has 0 saturated heterocycles. The van der Waals surface area contributed by atoms with E-state index in [1.54, 1.807) is 21.3 Å². The van der Waals surface area contributed by atoms with Gasteiger partial charge in [-0.25, -0.2) is 4.68 Å². The highest BCUT2D eigenvalue weighted by atomic mass is 32.1. The minimum atomic E-state index is 0.746. The van der Waals surface area contributed by atoms with Gasteiger partial charge in [0.15, 0.2) is 0 Å². The molecule has 164 valence electrons. The molecule has 4 aromatic carbocycles. The molecule has 0 atom stereocenters. The molecule has 0 N–H and O–H groups in total. The van der Waals surface area contributed by atoms with E-state index >= 15 is 0 Å². The number of hydrogen-bond acceptors (Lipinski definition) is 5. The molecule has 5 nitrogen and oxygen atoms in total. The molecular formula is C27H23N3O2S. The van der Waals surface area contributed by atoms with E-state index in [0.717, 1.165) is 43.9 Å². The van der Waals surface area contributed by atoms with Crippen LogP contribution in [0.3, 0.4) is 0 Å². The predicted molar refractivity (Wildman–Crippen MR) is 137 cm³/mol. The highest BCUT2D eigenvalue weighted by Crippen LogP contribution is 2.34. The Bertz CT molecular complexity index is 1510. The molecule has 5 rings (SSSR count). The van der Waals surface area contributed by atoms with Crippen molar-refractivity contribution in [1.82, 2.24) is 4.68 Å². The van der Waals surface area contributed by atoms with Gasteiger partial charge in [-0.15, -0.1) is 11.3 Å². The molecular weight excluding hydrogens is 430 g/mol. The van der Waals surface area contributed by atoms with Crippen LogP contribution >= 0.6 is 11.3 Å². The molecule has 33 heavy (non-hydrogen) atoms. The summed E-state index contributed by atoms with van der Waals surface area (Å²) in [4.78, 5) is 5.24. The maximum absolute atomic E-state index is 5.63. The van der Waals surface area contributed by atoms with Crippen molar-refractivity contribution < 1.29 is 9.47 Å². The van der Waals surface area contributed by atoms with Gasteiger partial charge in [0, 0.05) is 23.6 Å². The molecule has 0 spiro atoms. The van der Waals surface area contributed by atoms with E-state index in [9.17, 15) is 0 Å². The zero-order chi connectivity index (χ0) is 22.8. The van der Waals surface area contributed by atoms with Crippen LogP contribution in [0.1, 0.15) is 5.56 Å². The zero-order valence-corrected chi connectivity index (χ0v) is 19.5. The number of methoxy groups -OCH3 is 2. The maximum Gasteiger partial charge on any atom is 0.205 e. The van der Waals surface area contributed by atoms with E-state index in [0.29, 0.717) is 0 Å². The summed E-state index contributed by atoms with van der Waals surface area (Å²) in [7, 11) is 5.10. The molecule has 6 heteroatoms. The van der Waals surface area contributed by atoms with Crippen LogP contribution in [-0.4, -0.2) is 32.2 Å². The lowest BCUT2D eigenvalue weighted by molar-refractivity contribution is 0.404. The SMILES string of the molecule is CN=c1scc(-c2cc(OC)ccc2OC)n1N=Cc1c2ccccc2cc2ccccc12. The molecule has 0 bridgehead atoms. The van der Waals surface area contributed by atoms with Crippen molar-refractivity contribution in [2.75, 3.05) is 21.3 Å². The molecule has 0 amide bonds. The van der Waals surface area contributed by atoms with Gasteiger partial charge in [0.05, 0.1) is 26.1 Å². The van der Waals surface area contributed by atoms with Gasteiger partial charge in [-0.1, -0.05) is 48.5 Å². The van der Waals surface area contributed by atoms with E-state index in [4.69, 9.17) is 14.6 Å². The molecule has 0 radical (unpaired) electrons. The summed E-state index contributed by atoms with van der Waals surface area (Å²) in [5.74, 6) is 1.50. The van der Waals surface area contributed by atoms with Crippen LogP contribution in [0.25, 0.3) is 32.8 Å². The summed E-state index contributed by atoms with van der Waals surface area (Å²) in [6.45, 7) is 0. The zero-order valence-electron chi connectivity index (χ0n) is 18.6. The van der Waals surface area contributed by atoms with Crippen molar-refractivity contribution in [2.45, 2.75) is 0 Å². The van der Waals surface area contributed by atoms with Gasteiger partial charge in [-0.2, -0.15) is 5.10 Å². The first-order valence-corrected chi connectivity index (χ1v) is 11.4. The number of benzene rings is 4. The standard InChI is InChI=1S/C27H23N3O2S/c1-28-27-30(25(17-33-27)23-15-20(31-2)12-13-26(23)32-3)29-16-24-21-10-6-4-8-18(21)14-19-9-5-7-11-22(19)24/h4-17H,1-3H3. The van der Waals surface area contributed by atoms with Gasteiger partial charge in [-0.3, -0.25) is 4.99 Å². The Morgan fingerprint density at radius 1 is 0.848 bits per heavy atom. The molecule has 1 heterocycles. The second kappa shape index (κ2) is 8.92. The quantitative estimate of drug-likeness (QED) is 0.244. The second-order valence-electron chi connectivity index (χ2n) is 7.48. The normalized spacial score (nSPS) is 12.2. The molecule has 0 aliphatic carbocycles. The Kier molecular flexibility index (Phi) is 5.67. The molecule has 0 fully saturated rings. The first-order chi connectivity index (χ1) is 16.2. The van der Waals surface area contributed by atoms with Crippen molar-refractivity contribution in [2.24, 2.45) is 10.1 Å². The van der Waals surface area contributed by atoms with Gasteiger partial charge in [0.25, 0.3) is 0 Å². The predicted octanol–water partition coefficient (Wildman–Crippen LogP) is 5.95. The van der Waals surface area contributed by atoms with Crippen molar-refractivity contribution in [3.63, 3.8) is 0 Å². The summed E-state index contributed by atoms with van der Waals surface area (Å²) in [5.41, 5.74) is 2.85. The number of fused-ring (bicyclic) bond motifs is 2. The molecule has 1 aromatic heterocycles. The van der Waals surface area contributed by atoms with Crippen LogP contribution in [0.5, 0.6) is 11.5 Å². The highest BCUT2D eigenvalue weighted by molar-refractivity contribution is 7.07. The molecule has 0 saturated carbocycles. The van der Waals surface area contributed by atoms with Crippen molar-refractivity contribution in [3.05, 3.63) is 88.5 Å². The second-order valence-corrected chi connectivity index (χ2v) is 8.32. The third-order valence-electron chi connectivity index (χ3n) is 5.67. The van der Waals surface area contributed by atoms with Crippen LogP contribution < -0.4 is 14.3 Å². The van der Waals surface area contributed by atoms with E-state index in [1.807, 2.05) is 34.5 Å². The third-order valence-corrected chi connectivity index (χ3v) is 6.58. The van der Waals surface area contributed by atoms with Crippen molar-refractivity contribution in [1.29, 1.82) is 0 Å². The fourth-order valence-corrected chi connectivity index (χ4v) is 4.86. The topological polar surface area (TPSA) is 48.1 Å². The van der Waals surface area contributed by atoms with E-state index in [2.05, 4.69) is 59.6 Å². The Labute approximate surface area is 195 Å². The van der Waals surface area contributed by atoms with Gasteiger partial charge in [-0.05, 0) is 45.8 Å². The average molecular weight is 454 g/mol. The third kappa shape index (κ3) is 3.79. The van der Waals surface area contributed by atoms with Crippen LogP contribution in [0.4, 0.5) is 0 Å². The number of hydrogen-bond donors (Lipinski definition) is 0. The summed E-state index contributed by atoms with van der Waals surface area (Å²) in [6.07, 6.45) is 1.93. The van der Waals surface area contributed by atoms with Crippen molar-refractivity contribution >= 4 is 39.1 Å². The summed E-state index contributed by atoms with van der Waals surface area (Å²) in [6, 6.07) is 24.8. The van der Waals surface area contributed by atoms with Crippen LogP contribution in [0, 0.1) is 0 Å². The lowest BCUT2D eigenvalue weighted by Gasteiger charge is -2.11. The number of thiazole rings is 1. The summed E-state index contributed by atoms with van der Waals surface area (Å²) in [5, 5.41) is 11.7. The van der Waals surface area contributed by atoms with Crippen LogP contribution in [0.2, 0.25) is 0 Å². The molecule has 0 aliphatic heterocycles. The van der Waals surface area contributed by atoms with Gasteiger partial charge in [0.1, 0.15) is 11.5 Å². The fraction of sp³-hybridized carbons (Fsp3) is 0.111. The minimum Gasteiger partial charge on any atom is -0.497 e. The molecule has 0 unspecified atom stereocenters. The smallest absolute Gasteiger partial charge is 0.205 e. The molecule has 0 aliphatic rings. The monoisotopic (exact) mass is 453 g/mol. The Hall–Kier alpha value is -3.90. The van der Waals surface area contributed by atoms with E-state index in [1.165, 1.54) is 22.1 Å². The Balaban J connectivity index is 1.73. The van der Waals surface area contributed by atoms with E-state index in [-0.39, 0.29) is 0 Å². The highest BCUT2D eigenvalue weighted by Gasteiger charge is 2.14. The Morgan fingerprint density at radius 2 is 1.55 bits per heavy atom. The van der Waals surface area contributed by atoms with Gasteiger partial charge in [0.2, 0.25) is 4.80 Å². The average Bonchev–Trinajstić information content (AvgIpc) is 3.28. The number of ether oxygens (including phenoxy) is 2. The lowest BCUT2D eigenvalue weighted by Crippen LogP contribution is -2.12. The van der Waals surface area contributed by atoms with E-state index < -0.39 is 0 Å². The maximum atomic E-state index is 5.63. The number of nitrogens with zero attached hydrogens (tertiary/aromatic N) is 3. The molecule has 5 aromatic rings. The summed E-state index contributed by atoms with van der Waals surface area (Å²) < 4.78 is 12.9. The number of rotatable bonds is 5. The Morgan fingerprint density at radius 3 is 2.18 bits per heavy atom. The first kappa shape index (κ1) is 21.0. The first-order valence-electron chi connectivity index (χ1n) is 10.5. The van der Waals surface area contributed by atoms with Gasteiger partial charge < -0.3 is 9.47 Å². The minimum absolute atomic E-state index is 0.746.